The number of rotatable bonds is 4. The van der Waals surface area contributed by atoms with E-state index >= 15 is 0 Å². The molecule has 4 amide bonds. The minimum Gasteiger partial charge on any atom is -0.378 e. The summed E-state index contributed by atoms with van der Waals surface area (Å²) in [6.07, 6.45) is 2.69. The first-order valence-electron chi connectivity index (χ1n) is 8.56. The maximum Gasteiger partial charge on any atom is 0.326 e. The molecule has 8 nitrogen and oxygen atoms in total. The molecule has 0 N–H and O–H groups in total. The Labute approximate surface area is 141 Å². The van der Waals surface area contributed by atoms with E-state index in [-0.39, 0.29) is 30.0 Å². The molecule has 3 heterocycles. The zero-order chi connectivity index (χ0) is 17.2. The molecule has 24 heavy (non-hydrogen) atoms. The summed E-state index contributed by atoms with van der Waals surface area (Å²) in [7, 11) is 1.60. The Morgan fingerprint density at radius 3 is 2.79 bits per heavy atom. The van der Waals surface area contributed by atoms with Gasteiger partial charge in [-0.15, -0.1) is 0 Å². The first-order valence-corrected chi connectivity index (χ1v) is 8.56. The van der Waals surface area contributed by atoms with Crippen molar-refractivity contribution in [2.75, 3.05) is 53.0 Å². The monoisotopic (exact) mass is 339 g/mol. The number of ether oxygens (including phenoxy) is 2. The summed E-state index contributed by atoms with van der Waals surface area (Å²) < 4.78 is 11.4. The number of carbonyl (C=O) groups is 3. The van der Waals surface area contributed by atoms with Crippen LogP contribution >= 0.6 is 0 Å². The van der Waals surface area contributed by atoms with Crippen molar-refractivity contribution >= 4 is 17.8 Å². The van der Waals surface area contributed by atoms with Crippen LogP contribution < -0.4 is 0 Å². The molecule has 1 spiro atoms. The van der Waals surface area contributed by atoms with Gasteiger partial charge in [-0.2, -0.15) is 0 Å². The van der Waals surface area contributed by atoms with Crippen molar-refractivity contribution in [1.82, 2.24) is 14.7 Å². The highest BCUT2D eigenvalue weighted by molar-refractivity contribution is 6.01. The van der Waals surface area contributed by atoms with Gasteiger partial charge in [0.1, 0.15) is 12.1 Å². The largest absolute Gasteiger partial charge is 0.378 e. The third-order valence-electron chi connectivity index (χ3n) is 4.89. The van der Waals surface area contributed by atoms with Gasteiger partial charge in [-0.25, -0.2) is 4.79 Å². The Morgan fingerprint density at radius 2 is 2.12 bits per heavy atom. The van der Waals surface area contributed by atoms with Crippen LogP contribution in [0, 0.1) is 0 Å². The molecule has 0 bridgehead atoms. The Bertz CT molecular complexity index is 512. The highest BCUT2D eigenvalue weighted by atomic mass is 16.5. The lowest BCUT2D eigenvalue weighted by molar-refractivity contribution is -0.177. The topological polar surface area (TPSA) is 79.4 Å². The number of likely N-dealkylation sites (N-methyl/N-ethyl adjacent to an activating group) is 1. The molecule has 134 valence electrons. The van der Waals surface area contributed by atoms with E-state index in [2.05, 4.69) is 0 Å². The van der Waals surface area contributed by atoms with E-state index in [1.165, 1.54) is 9.80 Å². The number of amides is 4. The van der Waals surface area contributed by atoms with Gasteiger partial charge in [0.2, 0.25) is 11.8 Å². The lowest BCUT2D eigenvalue weighted by Gasteiger charge is -2.44. The molecule has 3 rings (SSSR count). The highest BCUT2D eigenvalue weighted by Gasteiger charge is 2.40. The third kappa shape index (κ3) is 3.54. The first-order chi connectivity index (χ1) is 11.5. The predicted molar refractivity (Wildman–Crippen MR) is 84.3 cm³/mol. The first kappa shape index (κ1) is 17.2. The number of imide groups is 1. The second kappa shape index (κ2) is 7.06. The molecule has 1 unspecified atom stereocenters. The van der Waals surface area contributed by atoms with Crippen LogP contribution in [0.2, 0.25) is 0 Å². The molecule has 0 aromatic heterocycles. The molecule has 0 aromatic rings. The van der Waals surface area contributed by atoms with E-state index in [0.29, 0.717) is 45.7 Å². The van der Waals surface area contributed by atoms with Gasteiger partial charge in [0.15, 0.2) is 0 Å². The fourth-order valence-corrected chi connectivity index (χ4v) is 3.56. The van der Waals surface area contributed by atoms with Crippen LogP contribution in [0.4, 0.5) is 4.79 Å². The van der Waals surface area contributed by atoms with Crippen LogP contribution in [-0.4, -0.2) is 91.2 Å². The van der Waals surface area contributed by atoms with E-state index in [9.17, 15) is 14.4 Å². The highest BCUT2D eigenvalue weighted by Crippen LogP contribution is 2.28. The zero-order valence-corrected chi connectivity index (χ0v) is 14.2. The molecule has 1 atom stereocenters. The summed E-state index contributed by atoms with van der Waals surface area (Å²) in [5, 5.41) is 0. The molecule has 0 radical (unpaired) electrons. The number of urea groups is 1. The fourth-order valence-electron chi connectivity index (χ4n) is 3.56. The number of nitrogens with zero attached hydrogens (tertiary/aromatic N) is 3. The van der Waals surface area contributed by atoms with E-state index in [1.807, 2.05) is 4.90 Å². The van der Waals surface area contributed by atoms with Crippen molar-refractivity contribution in [2.24, 2.45) is 0 Å². The Morgan fingerprint density at radius 1 is 1.29 bits per heavy atom. The van der Waals surface area contributed by atoms with Crippen LogP contribution in [0.3, 0.4) is 0 Å². The van der Waals surface area contributed by atoms with E-state index < -0.39 is 0 Å². The SMILES string of the molecule is CN1CC(=O)N(CCCC(=O)N2CCOC3(CCCOC3)C2)C1=O. The summed E-state index contributed by atoms with van der Waals surface area (Å²) >= 11 is 0. The molecule has 8 heteroatoms. The van der Waals surface area contributed by atoms with E-state index in [0.717, 1.165) is 19.4 Å². The van der Waals surface area contributed by atoms with Gasteiger partial charge < -0.3 is 19.3 Å². The standard InChI is InChI=1S/C16H25N3O5/c1-17-10-14(21)19(15(17)22)6-2-4-13(20)18-7-9-24-16(11-18)5-3-8-23-12-16/h2-12H2,1H3. The molecule has 3 fully saturated rings. The predicted octanol–water partition coefficient (Wildman–Crippen LogP) is 0.0686. The van der Waals surface area contributed by atoms with Gasteiger partial charge in [-0.1, -0.05) is 0 Å². The third-order valence-corrected chi connectivity index (χ3v) is 4.89. The van der Waals surface area contributed by atoms with Crippen molar-refractivity contribution in [1.29, 1.82) is 0 Å². The molecule has 3 aliphatic heterocycles. The second-order valence-corrected chi connectivity index (χ2v) is 6.79. The summed E-state index contributed by atoms with van der Waals surface area (Å²) in [6.45, 7) is 3.40. The minimum atomic E-state index is -0.351. The molecule has 0 saturated carbocycles. The number of hydrogen-bond acceptors (Lipinski definition) is 5. The zero-order valence-electron chi connectivity index (χ0n) is 14.2. The second-order valence-electron chi connectivity index (χ2n) is 6.79. The van der Waals surface area contributed by atoms with Gasteiger partial charge in [-0.3, -0.25) is 14.5 Å². The summed E-state index contributed by atoms with van der Waals surface area (Å²) in [6, 6.07) is -0.280. The van der Waals surface area contributed by atoms with Gasteiger partial charge in [0.25, 0.3) is 0 Å². The average molecular weight is 339 g/mol. The van der Waals surface area contributed by atoms with E-state index in [1.54, 1.807) is 7.05 Å². The van der Waals surface area contributed by atoms with Gasteiger partial charge in [0.05, 0.1) is 19.8 Å². The Kier molecular flexibility index (Phi) is 5.05. The lowest BCUT2D eigenvalue weighted by atomic mass is 9.94. The van der Waals surface area contributed by atoms with Crippen molar-refractivity contribution in [3.63, 3.8) is 0 Å². The normalized spacial score (nSPS) is 28.1. The average Bonchev–Trinajstić information content (AvgIpc) is 2.81. The van der Waals surface area contributed by atoms with Crippen LogP contribution in [0.1, 0.15) is 25.7 Å². The van der Waals surface area contributed by atoms with Crippen LogP contribution in [-0.2, 0) is 19.1 Å². The van der Waals surface area contributed by atoms with Crippen molar-refractivity contribution < 1.29 is 23.9 Å². The molecular formula is C16H25N3O5. The van der Waals surface area contributed by atoms with Crippen LogP contribution in [0.15, 0.2) is 0 Å². The smallest absolute Gasteiger partial charge is 0.326 e. The summed E-state index contributed by atoms with van der Waals surface area (Å²) in [5.74, 6) is -0.143. The minimum absolute atomic E-state index is 0.0516. The summed E-state index contributed by atoms with van der Waals surface area (Å²) in [4.78, 5) is 40.4. The maximum atomic E-state index is 12.5. The fraction of sp³-hybridized carbons (Fsp3) is 0.812. The Hall–Kier alpha value is -1.67. The molecular weight excluding hydrogens is 314 g/mol. The Balaban J connectivity index is 1.46. The quantitative estimate of drug-likeness (QED) is 0.677. The maximum absolute atomic E-state index is 12.5. The van der Waals surface area contributed by atoms with Crippen molar-refractivity contribution in [3.8, 4) is 0 Å². The van der Waals surface area contributed by atoms with Crippen LogP contribution in [0.5, 0.6) is 0 Å². The van der Waals surface area contributed by atoms with Crippen LogP contribution in [0.25, 0.3) is 0 Å². The van der Waals surface area contributed by atoms with Gasteiger partial charge >= 0.3 is 6.03 Å². The van der Waals surface area contributed by atoms with Crippen molar-refractivity contribution in [2.45, 2.75) is 31.3 Å². The lowest BCUT2D eigenvalue weighted by Crippen LogP contribution is -2.57. The van der Waals surface area contributed by atoms with Gasteiger partial charge in [-0.05, 0) is 19.3 Å². The number of hydrogen-bond donors (Lipinski definition) is 0. The number of carbonyl (C=O) groups excluding carboxylic acids is 3. The molecule has 0 aromatic carbocycles. The van der Waals surface area contributed by atoms with Gasteiger partial charge in [0, 0.05) is 33.2 Å². The van der Waals surface area contributed by atoms with E-state index in [4.69, 9.17) is 9.47 Å². The molecule has 3 saturated heterocycles. The number of morpholine rings is 1. The molecule has 3 aliphatic rings. The van der Waals surface area contributed by atoms with Crippen molar-refractivity contribution in [3.05, 3.63) is 0 Å². The summed E-state index contributed by atoms with van der Waals surface area (Å²) in [5.41, 5.74) is -0.351. The molecule has 0 aliphatic carbocycles.